The van der Waals surface area contributed by atoms with Crippen molar-refractivity contribution in [3.05, 3.63) is 12.5 Å². The molecule has 0 aromatic carbocycles. The zero-order valence-electron chi connectivity index (χ0n) is 12.7. The van der Waals surface area contributed by atoms with Crippen LogP contribution in [0.15, 0.2) is 12.5 Å². The molecule has 3 rings (SSSR count). The quantitative estimate of drug-likeness (QED) is 0.859. The zero-order chi connectivity index (χ0) is 15.7. The van der Waals surface area contributed by atoms with E-state index in [9.17, 15) is 8.42 Å². The maximum absolute atomic E-state index is 11.2. The highest BCUT2D eigenvalue weighted by atomic mass is 32.2. The first-order valence-electron chi connectivity index (χ1n) is 7.26. The molecule has 2 aromatic rings. The molecule has 2 aromatic heterocycles. The summed E-state index contributed by atoms with van der Waals surface area (Å²) in [6, 6.07) is 0. The molecule has 1 aliphatic rings. The highest BCUT2D eigenvalue weighted by Gasteiger charge is 2.23. The van der Waals surface area contributed by atoms with E-state index >= 15 is 0 Å². The molecule has 1 atom stereocenters. The van der Waals surface area contributed by atoms with Crippen molar-refractivity contribution in [3.8, 4) is 0 Å². The molecule has 1 aliphatic heterocycles. The number of hydrogen-bond acceptors (Lipinski definition) is 6. The summed E-state index contributed by atoms with van der Waals surface area (Å²) in [7, 11) is -1.29. The van der Waals surface area contributed by atoms with Gasteiger partial charge >= 0.3 is 0 Å². The highest BCUT2D eigenvalue weighted by Crippen LogP contribution is 2.26. The zero-order valence-corrected chi connectivity index (χ0v) is 13.5. The molecular weight excluding hydrogens is 304 g/mol. The second kappa shape index (κ2) is 5.81. The molecule has 0 spiro atoms. The summed E-state index contributed by atoms with van der Waals surface area (Å²) in [5, 5.41) is 5.17. The molecule has 22 heavy (non-hydrogen) atoms. The van der Waals surface area contributed by atoms with Gasteiger partial charge in [-0.05, 0) is 18.8 Å². The molecular formula is C13H20N6O2S. The van der Waals surface area contributed by atoms with Crippen LogP contribution in [0.3, 0.4) is 0 Å². The van der Waals surface area contributed by atoms with Crippen molar-refractivity contribution >= 4 is 26.9 Å². The molecule has 1 fully saturated rings. The Hall–Kier alpha value is -1.74. The van der Waals surface area contributed by atoms with E-state index in [1.807, 2.05) is 7.05 Å². The van der Waals surface area contributed by atoms with Crippen molar-refractivity contribution in [2.24, 2.45) is 13.0 Å². The fourth-order valence-electron chi connectivity index (χ4n) is 2.89. The molecule has 1 saturated heterocycles. The second-order valence-corrected chi connectivity index (χ2v) is 7.61. The monoisotopic (exact) mass is 324 g/mol. The van der Waals surface area contributed by atoms with Crippen LogP contribution in [-0.2, 0) is 17.1 Å². The predicted molar refractivity (Wildman–Crippen MR) is 84.1 cm³/mol. The van der Waals surface area contributed by atoms with Gasteiger partial charge in [0.15, 0.2) is 5.65 Å². The summed E-state index contributed by atoms with van der Waals surface area (Å²) < 4.78 is 26.8. The number of piperidine rings is 1. The lowest BCUT2D eigenvalue weighted by atomic mass is 9.98. The summed E-state index contributed by atoms with van der Waals surface area (Å²) in [4.78, 5) is 10.9. The highest BCUT2D eigenvalue weighted by molar-refractivity contribution is 7.88. The summed E-state index contributed by atoms with van der Waals surface area (Å²) in [6.07, 6.45) is 6.56. The van der Waals surface area contributed by atoms with Crippen LogP contribution in [0.2, 0.25) is 0 Å². The Balaban J connectivity index is 1.79. The van der Waals surface area contributed by atoms with Crippen LogP contribution in [0.25, 0.3) is 11.0 Å². The van der Waals surface area contributed by atoms with E-state index in [2.05, 4.69) is 24.7 Å². The average molecular weight is 324 g/mol. The first-order valence-corrected chi connectivity index (χ1v) is 9.15. The number of aryl methyl sites for hydroxylation is 1. The largest absolute Gasteiger partial charge is 0.356 e. The summed E-state index contributed by atoms with van der Waals surface area (Å²) in [5.74, 6) is 1.16. The first kappa shape index (κ1) is 15.2. The lowest BCUT2D eigenvalue weighted by Gasteiger charge is -2.33. The number of aromatic nitrogens is 4. The van der Waals surface area contributed by atoms with E-state index in [4.69, 9.17) is 0 Å². The Morgan fingerprint density at radius 3 is 3.00 bits per heavy atom. The van der Waals surface area contributed by atoms with E-state index in [-0.39, 0.29) is 5.92 Å². The lowest BCUT2D eigenvalue weighted by molar-refractivity contribution is 0.410. The molecule has 120 valence electrons. The third kappa shape index (κ3) is 3.20. The number of sulfonamides is 1. The fraction of sp³-hybridized carbons (Fsp3) is 0.615. The Labute approximate surface area is 129 Å². The smallest absolute Gasteiger partial charge is 0.208 e. The number of nitrogens with zero attached hydrogens (tertiary/aromatic N) is 5. The topological polar surface area (TPSA) is 93.0 Å². The van der Waals surface area contributed by atoms with Gasteiger partial charge in [-0.2, -0.15) is 5.10 Å². The molecule has 0 amide bonds. The standard InChI is InChI=1S/C13H20N6O2S/c1-18-12-11(7-16-18)13(15-9-14-12)19-5-3-4-10(8-19)6-17-22(2,20)21/h7,9-10,17H,3-6,8H2,1-2H3/t10-/m0/s1. The summed E-state index contributed by atoms with van der Waals surface area (Å²) in [5.41, 5.74) is 0.807. The molecule has 9 heteroatoms. The normalized spacial score (nSPS) is 19.7. The van der Waals surface area contributed by atoms with Crippen molar-refractivity contribution in [1.82, 2.24) is 24.5 Å². The molecule has 0 aliphatic carbocycles. The minimum Gasteiger partial charge on any atom is -0.356 e. The first-order chi connectivity index (χ1) is 10.4. The number of anilines is 1. The van der Waals surface area contributed by atoms with Crippen LogP contribution in [0, 0.1) is 5.92 Å². The van der Waals surface area contributed by atoms with Gasteiger partial charge in [0.2, 0.25) is 10.0 Å². The van der Waals surface area contributed by atoms with Crippen molar-refractivity contribution in [1.29, 1.82) is 0 Å². The Morgan fingerprint density at radius 1 is 1.41 bits per heavy atom. The fourth-order valence-corrected chi connectivity index (χ4v) is 3.43. The molecule has 0 radical (unpaired) electrons. The molecule has 0 saturated carbocycles. The van der Waals surface area contributed by atoms with Crippen molar-refractivity contribution in [2.45, 2.75) is 12.8 Å². The predicted octanol–water partition coefficient (Wildman–Crippen LogP) is 0.129. The van der Waals surface area contributed by atoms with Crippen LogP contribution >= 0.6 is 0 Å². The van der Waals surface area contributed by atoms with Crippen LogP contribution in [0.4, 0.5) is 5.82 Å². The Morgan fingerprint density at radius 2 is 2.23 bits per heavy atom. The minimum absolute atomic E-state index is 0.283. The van der Waals surface area contributed by atoms with Gasteiger partial charge in [0, 0.05) is 26.7 Å². The van der Waals surface area contributed by atoms with E-state index in [0.717, 1.165) is 42.8 Å². The maximum atomic E-state index is 11.2. The lowest BCUT2D eigenvalue weighted by Crippen LogP contribution is -2.41. The van der Waals surface area contributed by atoms with Gasteiger partial charge in [-0.25, -0.2) is 23.1 Å². The summed E-state index contributed by atoms with van der Waals surface area (Å²) >= 11 is 0. The number of fused-ring (bicyclic) bond motifs is 1. The van der Waals surface area contributed by atoms with Gasteiger partial charge in [-0.1, -0.05) is 0 Å². The van der Waals surface area contributed by atoms with Crippen LogP contribution in [0.5, 0.6) is 0 Å². The van der Waals surface area contributed by atoms with E-state index < -0.39 is 10.0 Å². The van der Waals surface area contributed by atoms with Gasteiger partial charge in [0.1, 0.15) is 12.1 Å². The van der Waals surface area contributed by atoms with E-state index in [1.165, 1.54) is 6.26 Å². The van der Waals surface area contributed by atoms with Gasteiger partial charge < -0.3 is 4.90 Å². The van der Waals surface area contributed by atoms with E-state index in [1.54, 1.807) is 17.2 Å². The molecule has 0 bridgehead atoms. The average Bonchev–Trinajstić information content (AvgIpc) is 2.87. The SMILES string of the molecule is Cn1ncc2c(N3CCC[C@@H](CNS(C)(=O)=O)C3)ncnc21. The Kier molecular flexibility index (Phi) is 4.00. The third-order valence-corrected chi connectivity index (χ3v) is 4.65. The summed E-state index contributed by atoms with van der Waals surface area (Å²) in [6.45, 7) is 2.16. The van der Waals surface area contributed by atoms with Gasteiger partial charge in [0.05, 0.1) is 17.8 Å². The van der Waals surface area contributed by atoms with Crippen LogP contribution < -0.4 is 9.62 Å². The molecule has 0 unspecified atom stereocenters. The second-order valence-electron chi connectivity index (χ2n) is 5.78. The minimum atomic E-state index is -3.14. The van der Waals surface area contributed by atoms with Crippen molar-refractivity contribution in [3.63, 3.8) is 0 Å². The third-order valence-electron chi connectivity index (χ3n) is 3.96. The van der Waals surface area contributed by atoms with Gasteiger partial charge in [-0.3, -0.25) is 4.68 Å². The Bertz CT molecular complexity index is 772. The van der Waals surface area contributed by atoms with Crippen LogP contribution in [0.1, 0.15) is 12.8 Å². The molecule has 1 N–H and O–H groups in total. The molecule has 8 nitrogen and oxygen atoms in total. The number of nitrogens with one attached hydrogen (secondary N) is 1. The van der Waals surface area contributed by atoms with Crippen molar-refractivity contribution in [2.75, 3.05) is 30.8 Å². The number of hydrogen-bond donors (Lipinski definition) is 1. The van der Waals surface area contributed by atoms with Crippen LogP contribution in [-0.4, -0.2) is 54.1 Å². The maximum Gasteiger partial charge on any atom is 0.208 e. The van der Waals surface area contributed by atoms with E-state index in [0.29, 0.717) is 6.54 Å². The molecule has 3 heterocycles. The van der Waals surface area contributed by atoms with Crippen molar-refractivity contribution < 1.29 is 8.42 Å². The van der Waals surface area contributed by atoms with Gasteiger partial charge in [-0.15, -0.1) is 0 Å². The number of rotatable bonds is 4. The van der Waals surface area contributed by atoms with Gasteiger partial charge in [0.25, 0.3) is 0 Å².